The average Bonchev–Trinajstić information content (AvgIpc) is 0.793. The van der Waals surface area contributed by atoms with Gasteiger partial charge in [0.2, 0.25) is 5.91 Å². The number of allylic oxidation sites excluding steroid dienone is 8. The Kier molecular flexibility index (Phi) is 64.9. The highest BCUT2D eigenvalue weighted by Crippen LogP contribution is 2.31. The van der Waals surface area contributed by atoms with Crippen LogP contribution in [-0.2, 0) is 23.7 Å². The minimum Gasteiger partial charge on any atom is -0.394 e. The number of aliphatic hydroxyl groups is 8. The second-order valence-corrected chi connectivity index (χ2v) is 29.9. The summed E-state index contributed by atoms with van der Waals surface area (Å²) in [6, 6.07) is -0.829. The smallest absolute Gasteiger partial charge is 0.220 e. The van der Waals surface area contributed by atoms with E-state index in [2.05, 4.69) is 67.8 Å². The number of hydrogen-bond acceptors (Lipinski definition) is 13. The maximum atomic E-state index is 13.4. The van der Waals surface area contributed by atoms with E-state index < -0.39 is 86.8 Å². The van der Waals surface area contributed by atoms with E-state index in [9.17, 15) is 45.6 Å². The van der Waals surface area contributed by atoms with E-state index in [0.29, 0.717) is 12.8 Å². The molecule has 12 unspecified atom stereocenters. The van der Waals surface area contributed by atoms with E-state index >= 15 is 0 Å². The molecule has 2 heterocycles. The van der Waals surface area contributed by atoms with Crippen molar-refractivity contribution >= 4 is 5.91 Å². The van der Waals surface area contributed by atoms with Gasteiger partial charge in [0.1, 0.15) is 48.8 Å². The Labute approximate surface area is 607 Å². The van der Waals surface area contributed by atoms with Crippen molar-refractivity contribution in [2.24, 2.45) is 0 Å². The van der Waals surface area contributed by atoms with Crippen molar-refractivity contribution in [1.29, 1.82) is 0 Å². The van der Waals surface area contributed by atoms with Crippen molar-refractivity contribution < 1.29 is 64.6 Å². The minimum atomic E-state index is -1.78. The molecule has 2 saturated heterocycles. The number of hydrogen-bond donors (Lipinski definition) is 9. The molecule has 2 aliphatic rings. The Balaban J connectivity index is 1.57. The number of amides is 1. The summed E-state index contributed by atoms with van der Waals surface area (Å²) < 4.78 is 23.0. The van der Waals surface area contributed by atoms with Crippen LogP contribution in [0.2, 0.25) is 0 Å². The second kappa shape index (κ2) is 69.0. The Bertz CT molecular complexity index is 1850. The van der Waals surface area contributed by atoms with Gasteiger partial charge in [-0.2, -0.15) is 0 Å². The standard InChI is InChI=1S/C85H159NO13/c1-3-5-7-9-11-13-15-17-19-21-23-25-27-29-31-33-34-35-36-37-38-39-40-41-43-45-47-49-51-53-55-57-59-61-63-65-67-69-77(90)86-73(72-96-84-82(95)80(93)83(76(71-88)98-84)99-85-81(94)79(92)78(91)75(70-87)97-85)74(89)68-66-64-62-60-58-56-54-52-50-48-46-44-42-32-30-28-26-24-22-20-18-16-14-12-10-8-6-4-2/h5,7,11,13,17,19,23,25,73-76,78-85,87-89,91-95H,3-4,6,8-10,12,14-16,18,20-22,24,26-72H2,1-2H3,(H,86,90)/b7-5-,13-11-,19-17-,25-23-. The van der Waals surface area contributed by atoms with Gasteiger partial charge >= 0.3 is 0 Å². The van der Waals surface area contributed by atoms with Crippen LogP contribution in [0.3, 0.4) is 0 Å². The fourth-order valence-corrected chi connectivity index (χ4v) is 14.2. The van der Waals surface area contributed by atoms with Crippen LogP contribution in [0.5, 0.6) is 0 Å². The zero-order valence-corrected chi connectivity index (χ0v) is 64.0. The highest BCUT2D eigenvalue weighted by molar-refractivity contribution is 5.76. The summed E-state index contributed by atoms with van der Waals surface area (Å²) >= 11 is 0. The van der Waals surface area contributed by atoms with E-state index in [0.717, 1.165) is 77.0 Å². The lowest BCUT2D eigenvalue weighted by atomic mass is 9.97. The monoisotopic (exact) mass is 1400 g/mol. The number of carbonyl (C=O) groups excluding carboxylic acids is 1. The van der Waals surface area contributed by atoms with Crippen molar-refractivity contribution in [1.82, 2.24) is 5.32 Å². The normalized spacial score (nSPS) is 22.1. The SMILES string of the molecule is CC/C=C\C/C=C\C/C=C\C/C=C\CCCCCCCCCCCCCCCCCCCCCCCCCCC(=O)NC(COC1OC(CO)C(OC2OC(CO)C(O)C(O)C2O)C(O)C1O)C(O)CCCCCCCCCCCCCCCCCCCCCCCCCCCCCC. The predicted molar refractivity (Wildman–Crippen MR) is 411 cm³/mol. The van der Waals surface area contributed by atoms with Gasteiger partial charge in [-0.3, -0.25) is 4.79 Å². The van der Waals surface area contributed by atoms with Crippen LogP contribution in [0.1, 0.15) is 393 Å². The molecule has 2 aliphatic heterocycles. The first-order chi connectivity index (χ1) is 48.6. The predicted octanol–water partition coefficient (Wildman–Crippen LogP) is 19.8. The molecule has 0 aromatic carbocycles. The maximum Gasteiger partial charge on any atom is 0.220 e. The molecule has 1 amide bonds. The third kappa shape index (κ3) is 51.7. The Morgan fingerprint density at radius 1 is 0.374 bits per heavy atom. The Hall–Kier alpha value is -2.05. The first kappa shape index (κ1) is 93.0. The Morgan fingerprint density at radius 3 is 1.07 bits per heavy atom. The van der Waals surface area contributed by atoms with Crippen molar-refractivity contribution in [3.05, 3.63) is 48.6 Å². The number of nitrogens with one attached hydrogen (secondary N) is 1. The molecular formula is C85H159NO13. The summed E-state index contributed by atoms with van der Waals surface area (Å²) in [7, 11) is 0. The van der Waals surface area contributed by atoms with E-state index in [4.69, 9.17) is 18.9 Å². The molecule has 12 atom stereocenters. The molecule has 9 N–H and O–H groups in total. The Morgan fingerprint density at radius 2 is 0.697 bits per heavy atom. The average molecular weight is 1400 g/mol. The highest BCUT2D eigenvalue weighted by atomic mass is 16.7. The van der Waals surface area contributed by atoms with Gasteiger partial charge in [0, 0.05) is 6.42 Å². The van der Waals surface area contributed by atoms with Gasteiger partial charge in [0.15, 0.2) is 12.6 Å². The minimum absolute atomic E-state index is 0.198. The largest absolute Gasteiger partial charge is 0.394 e. The molecule has 582 valence electrons. The summed E-state index contributed by atoms with van der Waals surface area (Å²) in [4.78, 5) is 13.4. The second-order valence-electron chi connectivity index (χ2n) is 29.9. The molecule has 2 fully saturated rings. The summed E-state index contributed by atoms with van der Waals surface area (Å²) in [6.45, 7) is 2.82. The topological polar surface area (TPSA) is 228 Å². The molecule has 99 heavy (non-hydrogen) atoms. The van der Waals surface area contributed by atoms with Crippen LogP contribution in [0.25, 0.3) is 0 Å². The van der Waals surface area contributed by atoms with Gasteiger partial charge in [-0.05, 0) is 51.4 Å². The van der Waals surface area contributed by atoms with E-state index in [1.165, 1.54) is 289 Å². The third-order valence-electron chi connectivity index (χ3n) is 20.8. The molecular weight excluding hydrogens is 1240 g/mol. The van der Waals surface area contributed by atoms with Crippen molar-refractivity contribution in [2.45, 2.75) is 466 Å². The van der Waals surface area contributed by atoms with E-state index in [1.54, 1.807) is 0 Å². The fraction of sp³-hybridized carbons (Fsp3) is 0.894. The number of aliphatic hydroxyl groups excluding tert-OH is 8. The van der Waals surface area contributed by atoms with Gasteiger partial charge in [-0.25, -0.2) is 0 Å². The van der Waals surface area contributed by atoms with Gasteiger partial charge in [0.05, 0.1) is 32.0 Å². The zero-order chi connectivity index (χ0) is 71.5. The molecule has 0 spiro atoms. The van der Waals surface area contributed by atoms with Crippen LogP contribution in [0, 0.1) is 0 Å². The van der Waals surface area contributed by atoms with Gasteiger partial charge in [-0.1, -0.05) is 383 Å². The molecule has 0 aromatic heterocycles. The molecule has 14 nitrogen and oxygen atoms in total. The first-order valence-corrected chi connectivity index (χ1v) is 42.4. The van der Waals surface area contributed by atoms with Crippen molar-refractivity contribution in [3.8, 4) is 0 Å². The van der Waals surface area contributed by atoms with Crippen LogP contribution in [-0.4, -0.2) is 140 Å². The van der Waals surface area contributed by atoms with E-state index in [-0.39, 0.29) is 12.5 Å². The van der Waals surface area contributed by atoms with Gasteiger partial charge < -0.3 is 65.1 Å². The van der Waals surface area contributed by atoms with Crippen molar-refractivity contribution in [3.63, 3.8) is 0 Å². The van der Waals surface area contributed by atoms with Crippen LogP contribution in [0.4, 0.5) is 0 Å². The van der Waals surface area contributed by atoms with Crippen molar-refractivity contribution in [2.75, 3.05) is 19.8 Å². The lowest BCUT2D eigenvalue weighted by Crippen LogP contribution is -2.65. The third-order valence-corrected chi connectivity index (χ3v) is 20.8. The summed E-state index contributed by atoms with van der Waals surface area (Å²) in [5, 5.41) is 88.0. The molecule has 2 rings (SSSR count). The summed E-state index contributed by atoms with van der Waals surface area (Å²) in [6.07, 6.45) is 76.0. The lowest BCUT2D eigenvalue weighted by Gasteiger charge is -2.46. The first-order valence-electron chi connectivity index (χ1n) is 42.4. The van der Waals surface area contributed by atoms with Crippen LogP contribution < -0.4 is 5.32 Å². The zero-order valence-electron chi connectivity index (χ0n) is 64.0. The summed E-state index contributed by atoms with van der Waals surface area (Å²) in [5.74, 6) is -0.198. The highest BCUT2D eigenvalue weighted by Gasteiger charge is 2.51. The van der Waals surface area contributed by atoms with Crippen LogP contribution in [0.15, 0.2) is 48.6 Å². The molecule has 0 aromatic rings. The number of unbranched alkanes of at least 4 members (excludes halogenated alkanes) is 51. The number of ether oxygens (including phenoxy) is 4. The molecule has 0 radical (unpaired) electrons. The van der Waals surface area contributed by atoms with E-state index in [1.807, 2.05) is 0 Å². The molecule has 14 heteroatoms. The molecule has 0 bridgehead atoms. The fourth-order valence-electron chi connectivity index (χ4n) is 14.2. The molecule has 0 aliphatic carbocycles. The number of carbonyl (C=O) groups is 1. The number of rotatable bonds is 72. The maximum absolute atomic E-state index is 13.4. The summed E-state index contributed by atoms with van der Waals surface area (Å²) in [5.41, 5.74) is 0. The quantitative estimate of drug-likeness (QED) is 0.0204. The molecule has 0 saturated carbocycles. The van der Waals surface area contributed by atoms with Gasteiger partial charge in [0.25, 0.3) is 0 Å². The lowest BCUT2D eigenvalue weighted by molar-refractivity contribution is -0.359. The van der Waals surface area contributed by atoms with Gasteiger partial charge in [-0.15, -0.1) is 0 Å². The van der Waals surface area contributed by atoms with Crippen LogP contribution >= 0.6 is 0 Å².